The fraction of sp³-hybridized carbons (Fsp3) is 0.350. The van der Waals surface area contributed by atoms with E-state index in [1.807, 2.05) is 63.2 Å². The van der Waals surface area contributed by atoms with Crippen molar-refractivity contribution in [2.75, 3.05) is 13.2 Å². The lowest BCUT2D eigenvalue weighted by Crippen LogP contribution is -2.30. The van der Waals surface area contributed by atoms with Gasteiger partial charge in [0.05, 0.1) is 18.5 Å². The summed E-state index contributed by atoms with van der Waals surface area (Å²) in [5, 5.41) is 3.45. The molecule has 0 aromatic heterocycles. The number of hydrogen-bond acceptors (Lipinski definition) is 4. The molecule has 0 heterocycles. The first-order chi connectivity index (χ1) is 12.5. The smallest absolute Gasteiger partial charge is 0.233 e. The molecule has 0 aliphatic rings. The zero-order valence-corrected chi connectivity index (χ0v) is 16.8. The molecule has 1 atom stereocenters. The molecule has 0 spiro atoms. The van der Waals surface area contributed by atoms with Crippen LogP contribution in [0.15, 0.2) is 47.4 Å². The highest BCUT2D eigenvalue weighted by Crippen LogP contribution is 2.29. The second kappa shape index (κ2) is 10.3. The van der Waals surface area contributed by atoms with Gasteiger partial charge < -0.3 is 14.8 Å². The molecule has 2 aromatic carbocycles. The lowest BCUT2D eigenvalue weighted by Gasteiger charge is -2.14. The Morgan fingerprint density at radius 2 is 1.73 bits per heavy atom. The minimum absolute atomic E-state index is 0.0169. The van der Waals surface area contributed by atoms with Gasteiger partial charge in [0.2, 0.25) is 5.91 Å². The van der Waals surface area contributed by atoms with Crippen LogP contribution in [0.1, 0.15) is 26.3 Å². The summed E-state index contributed by atoms with van der Waals surface area (Å²) in [5.41, 5.74) is 0.967. The van der Waals surface area contributed by atoms with Gasteiger partial charge in [0.1, 0.15) is 0 Å². The van der Waals surface area contributed by atoms with E-state index in [1.54, 1.807) is 0 Å². The van der Waals surface area contributed by atoms with Crippen molar-refractivity contribution in [3.05, 3.63) is 53.1 Å². The van der Waals surface area contributed by atoms with Gasteiger partial charge in [0.15, 0.2) is 11.5 Å². The summed E-state index contributed by atoms with van der Waals surface area (Å²) in [7, 11) is 0. The third-order valence-corrected chi connectivity index (χ3v) is 4.93. The summed E-state index contributed by atoms with van der Waals surface area (Å²) in [4.78, 5) is 13.4. The second-order valence-corrected chi connectivity index (χ2v) is 7.43. The van der Waals surface area contributed by atoms with Gasteiger partial charge in [-0.3, -0.25) is 4.79 Å². The molecular formula is C20H24ClNO3S. The predicted molar refractivity (Wildman–Crippen MR) is 107 cm³/mol. The van der Waals surface area contributed by atoms with E-state index in [9.17, 15) is 4.79 Å². The molecule has 0 saturated carbocycles. The molecule has 0 unspecified atom stereocenters. The van der Waals surface area contributed by atoms with E-state index in [-0.39, 0.29) is 11.2 Å². The van der Waals surface area contributed by atoms with Crippen LogP contribution in [-0.4, -0.2) is 24.4 Å². The Kier molecular flexibility index (Phi) is 8.13. The SMILES string of the molecule is CCOc1ccc(CNC(=O)[C@H](C)Sc2ccc(Cl)cc2)cc1OCC. The van der Waals surface area contributed by atoms with Crippen LogP contribution < -0.4 is 14.8 Å². The van der Waals surface area contributed by atoms with Crippen LogP contribution in [0.25, 0.3) is 0 Å². The average Bonchev–Trinajstić information content (AvgIpc) is 2.63. The monoisotopic (exact) mass is 393 g/mol. The Bertz CT molecular complexity index is 721. The van der Waals surface area contributed by atoms with Crippen molar-refractivity contribution in [1.82, 2.24) is 5.32 Å². The minimum atomic E-state index is -0.203. The molecular weight excluding hydrogens is 370 g/mol. The third-order valence-electron chi connectivity index (χ3n) is 3.57. The topological polar surface area (TPSA) is 47.6 Å². The predicted octanol–water partition coefficient (Wildman–Crippen LogP) is 4.93. The molecule has 1 amide bonds. The highest BCUT2D eigenvalue weighted by Gasteiger charge is 2.14. The molecule has 0 saturated heterocycles. The van der Waals surface area contributed by atoms with Crippen LogP contribution in [0.5, 0.6) is 11.5 Å². The Morgan fingerprint density at radius 3 is 2.38 bits per heavy atom. The van der Waals surface area contributed by atoms with Gasteiger partial charge in [-0.25, -0.2) is 0 Å². The first kappa shape index (κ1) is 20.5. The standard InChI is InChI=1S/C20H24ClNO3S/c1-4-24-18-11-6-15(12-19(18)25-5-2)13-22-20(23)14(3)26-17-9-7-16(21)8-10-17/h6-12,14H,4-5,13H2,1-3H3,(H,22,23)/t14-/m0/s1. The van der Waals surface area contributed by atoms with Crippen LogP contribution >= 0.6 is 23.4 Å². The summed E-state index contributed by atoms with van der Waals surface area (Å²) in [6.45, 7) is 7.33. The fourth-order valence-electron chi connectivity index (χ4n) is 2.31. The molecule has 6 heteroatoms. The minimum Gasteiger partial charge on any atom is -0.490 e. The molecule has 0 aliphatic carbocycles. The maximum Gasteiger partial charge on any atom is 0.233 e. The maximum absolute atomic E-state index is 12.4. The van der Waals surface area contributed by atoms with Crippen LogP contribution in [0.2, 0.25) is 5.02 Å². The van der Waals surface area contributed by atoms with Crippen molar-refractivity contribution in [2.45, 2.75) is 37.5 Å². The van der Waals surface area contributed by atoms with Crippen molar-refractivity contribution >= 4 is 29.3 Å². The number of ether oxygens (including phenoxy) is 2. The first-order valence-electron chi connectivity index (χ1n) is 8.62. The van der Waals surface area contributed by atoms with Crippen molar-refractivity contribution in [3.8, 4) is 11.5 Å². The first-order valence-corrected chi connectivity index (χ1v) is 9.87. The van der Waals surface area contributed by atoms with Gasteiger partial charge >= 0.3 is 0 Å². The van der Waals surface area contributed by atoms with E-state index in [0.29, 0.717) is 30.5 Å². The maximum atomic E-state index is 12.4. The molecule has 0 fully saturated rings. The Hall–Kier alpha value is -1.85. The summed E-state index contributed by atoms with van der Waals surface area (Å²) in [6, 6.07) is 13.2. The fourth-order valence-corrected chi connectivity index (χ4v) is 3.33. The summed E-state index contributed by atoms with van der Waals surface area (Å²) in [6.07, 6.45) is 0. The van der Waals surface area contributed by atoms with E-state index < -0.39 is 0 Å². The van der Waals surface area contributed by atoms with Crippen LogP contribution in [0.4, 0.5) is 0 Å². The van der Waals surface area contributed by atoms with Gasteiger partial charge in [-0.15, -0.1) is 11.8 Å². The quantitative estimate of drug-likeness (QED) is 0.613. The zero-order chi connectivity index (χ0) is 18.9. The van der Waals surface area contributed by atoms with Crippen molar-refractivity contribution < 1.29 is 14.3 Å². The van der Waals surface area contributed by atoms with Crippen LogP contribution in [0, 0.1) is 0 Å². The Labute approximate surface area is 164 Å². The molecule has 2 rings (SSSR count). The van der Waals surface area contributed by atoms with Gasteiger partial charge in [-0.05, 0) is 62.7 Å². The number of thioether (sulfide) groups is 1. The lowest BCUT2D eigenvalue weighted by atomic mass is 10.2. The van der Waals surface area contributed by atoms with E-state index in [4.69, 9.17) is 21.1 Å². The molecule has 26 heavy (non-hydrogen) atoms. The van der Waals surface area contributed by atoms with Crippen LogP contribution in [-0.2, 0) is 11.3 Å². The van der Waals surface area contributed by atoms with E-state index in [2.05, 4.69) is 5.32 Å². The Balaban J connectivity index is 1.93. The van der Waals surface area contributed by atoms with E-state index >= 15 is 0 Å². The number of hydrogen-bond donors (Lipinski definition) is 1. The van der Waals surface area contributed by atoms with Gasteiger partial charge in [0, 0.05) is 16.5 Å². The summed E-state index contributed by atoms with van der Waals surface area (Å²) < 4.78 is 11.2. The molecule has 2 aromatic rings. The van der Waals surface area contributed by atoms with E-state index in [0.717, 1.165) is 16.2 Å². The lowest BCUT2D eigenvalue weighted by molar-refractivity contribution is -0.120. The van der Waals surface area contributed by atoms with Gasteiger partial charge in [-0.1, -0.05) is 17.7 Å². The molecule has 0 aliphatic heterocycles. The average molecular weight is 394 g/mol. The highest BCUT2D eigenvalue weighted by atomic mass is 35.5. The highest BCUT2D eigenvalue weighted by molar-refractivity contribution is 8.00. The second-order valence-electron chi connectivity index (χ2n) is 5.58. The van der Waals surface area contributed by atoms with Gasteiger partial charge in [-0.2, -0.15) is 0 Å². The number of nitrogens with one attached hydrogen (secondary N) is 1. The number of halogens is 1. The number of rotatable bonds is 9. The van der Waals surface area contributed by atoms with Crippen molar-refractivity contribution in [3.63, 3.8) is 0 Å². The largest absolute Gasteiger partial charge is 0.490 e. The molecule has 1 N–H and O–H groups in total. The number of amides is 1. The molecule has 0 bridgehead atoms. The van der Waals surface area contributed by atoms with Crippen molar-refractivity contribution in [2.24, 2.45) is 0 Å². The van der Waals surface area contributed by atoms with E-state index in [1.165, 1.54) is 11.8 Å². The van der Waals surface area contributed by atoms with Crippen LogP contribution in [0.3, 0.4) is 0 Å². The zero-order valence-electron chi connectivity index (χ0n) is 15.3. The van der Waals surface area contributed by atoms with Gasteiger partial charge in [0.25, 0.3) is 0 Å². The summed E-state index contributed by atoms with van der Waals surface area (Å²) in [5.74, 6) is 1.40. The van der Waals surface area contributed by atoms with Crippen molar-refractivity contribution in [1.29, 1.82) is 0 Å². The summed E-state index contributed by atoms with van der Waals surface area (Å²) >= 11 is 7.39. The third kappa shape index (κ3) is 6.15. The Morgan fingerprint density at radius 1 is 1.08 bits per heavy atom. The number of carbonyl (C=O) groups is 1. The molecule has 4 nitrogen and oxygen atoms in total. The molecule has 140 valence electrons. The molecule has 0 radical (unpaired) electrons. The normalized spacial score (nSPS) is 11.7. The number of benzene rings is 2. The number of carbonyl (C=O) groups excluding carboxylic acids is 1.